The van der Waals surface area contributed by atoms with Crippen LogP contribution in [0.2, 0.25) is 5.02 Å². The molecule has 1 aliphatic heterocycles. The van der Waals surface area contributed by atoms with Crippen LogP contribution in [0.3, 0.4) is 0 Å². The van der Waals surface area contributed by atoms with Crippen LogP contribution >= 0.6 is 11.6 Å². The lowest BCUT2D eigenvalue weighted by Crippen LogP contribution is -2.38. The highest BCUT2D eigenvalue weighted by molar-refractivity contribution is 6.32. The van der Waals surface area contributed by atoms with Gasteiger partial charge < -0.3 is 25.2 Å². The highest BCUT2D eigenvalue weighted by atomic mass is 35.5. The van der Waals surface area contributed by atoms with Crippen LogP contribution in [-0.4, -0.2) is 47.5 Å². The van der Waals surface area contributed by atoms with E-state index >= 15 is 0 Å². The number of ether oxygens (including phenoxy) is 2. The van der Waals surface area contributed by atoms with Crippen molar-refractivity contribution >= 4 is 47.2 Å². The Balaban J connectivity index is 1.45. The zero-order chi connectivity index (χ0) is 28.1. The minimum absolute atomic E-state index is 0.0336. The number of aromatic carboxylic acids is 1. The third kappa shape index (κ3) is 6.55. The minimum atomic E-state index is -1.03. The van der Waals surface area contributed by atoms with E-state index in [2.05, 4.69) is 10.6 Å². The molecule has 0 spiro atoms. The smallest absolute Gasteiger partial charge is 0.335 e. The Morgan fingerprint density at radius 3 is 2.51 bits per heavy atom. The number of aryl methyl sites for hydroxylation is 1. The molecule has 4 rings (SSSR count). The van der Waals surface area contributed by atoms with E-state index in [1.165, 1.54) is 31.4 Å². The van der Waals surface area contributed by atoms with E-state index < -0.39 is 30.4 Å². The molecule has 3 N–H and O–H groups in total. The normalized spacial score (nSPS) is 13.8. The molecule has 11 heteroatoms. The van der Waals surface area contributed by atoms with E-state index in [-0.39, 0.29) is 34.4 Å². The highest BCUT2D eigenvalue weighted by Crippen LogP contribution is 2.37. The molecule has 1 fully saturated rings. The van der Waals surface area contributed by atoms with Crippen LogP contribution in [-0.2, 0) is 16.2 Å². The van der Waals surface area contributed by atoms with Crippen molar-refractivity contribution < 1.29 is 33.8 Å². The molecule has 3 aromatic carbocycles. The topological polar surface area (TPSA) is 134 Å². The van der Waals surface area contributed by atoms with E-state index in [1.807, 2.05) is 13.0 Å². The third-order valence-electron chi connectivity index (χ3n) is 5.71. The number of carboxylic acid groups (broad SMARTS) is 1. The van der Waals surface area contributed by atoms with Gasteiger partial charge in [-0.3, -0.25) is 9.59 Å². The maximum absolute atomic E-state index is 12.9. The minimum Gasteiger partial charge on any atom is -0.493 e. The van der Waals surface area contributed by atoms with Crippen LogP contribution < -0.4 is 20.1 Å². The quantitative estimate of drug-likeness (QED) is 0.265. The van der Waals surface area contributed by atoms with Gasteiger partial charge in [0.15, 0.2) is 11.5 Å². The van der Waals surface area contributed by atoms with Crippen LogP contribution in [0.4, 0.5) is 10.5 Å². The number of imide groups is 1. The molecule has 0 unspecified atom stereocenters. The van der Waals surface area contributed by atoms with Crippen molar-refractivity contribution in [3.8, 4) is 11.5 Å². The number of nitrogens with one attached hydrogen (secondary N) is 2. The van der Waals surface area contributed by atoms with Crippen molar-refractivity contribution in [3.63, 3.8) is 0 Å². The number of carbonyl (C=O) groups is 4. The Bertz CT molecular complexity index is 1480. The van der Waals surface area contributed by atoms with Gasteiger partial charge >= 0.3 is 12.0 Å². The van der Waals surface area contributed by atoms with E-state index in [1.54, 1.807) is 36.4 Å². The summed E-state index contributed by atoms with van der Waals surface area (Å²) in [7, 11) is 1.42. The summed E-state index contributed by atoms with van der Waals surface area (Å²) < 4.78 is 11.2. The van der Waals surface area contributed by atoms with Gasteiger partial charge in [-0.05, 0) is 66.1 Å². The number of anilines is 1. The van der Waals surface area contributed by atoms with Crippen LogP contribution in [0.5, 0.6) is 11.5 Å². The Morgan fingerprint density at radius 2 is 1.85 bits per heavy atom. The number of amides is 4. The predicted molar refractivity (Wildman–Crippen MR) is 144 cm³/mol. The van der Waals surface area contributed by atoms with E-state index in [4.69, 9.17) is 26.2 Å². The lowest BCUT2D eigenvalue weighted by Gasteiger charge is -2.14. The Labute approximate surface area is 228 Å². The van der Waals surface area contributed by atoms with Crippen molar-refractivity contribution in [1.82, 2.24) is 10.2 Å². The number of methoxy groups -OCH3 is 1. The summed E-state index contributed by atoms with van der Waals surface area (Å²) in [6.45, 7) is 1.52. The van der Waals surface area contributed by atoms with Crippen LogP contribution in [0, 0.1) is 6.92 Å². The number of benzene rings is 3. The van der Waals surface area contributed by atoms with Gasteiger partial charge in [0, 0.05) is 5.69 Å². The molecule has 1 heterocycles. The Kier molecular flexibility index (Phi) is 8.16. The molecule has 10 nitrogen and oxygen atoms in total. The number of carbonyl (C=O) groups excluding carboxylic acids is 3. The predicted octanol–water partition coefficient (Wildman–Crippen LogP) is 4.47. The molecule has 1 aliphatic rings. The number of halogens is 1. The summed E-state index contributed by atoms with van der Waals surface area (Å²) in [5.41, 5.74) is 2.80. The second kappa shape index (κ2) is 11.7. The number of rotatable bonds is 9. The monoisotopic (exact) mass is 549 g/mol. The summed E-state index contributed by atoms with van der Waals surface area (Å²) in [5.74, 6) is -1.68. The molecule has 39 heavy (non-hydrogen) atoms. The Morgan fingerprint density at radius 1 is 1.10 bits per heavy atom. The maximum Gasteiger partial charge on any atom is 0.335 e. The summed E-state index contributed by atoms with van der Waals surface area (Å²) in [5, 5.41) is 14.4. The molecular formula is C28H24ClN3O7. The first-order chi connectivity index (χ1) is 18.6. The fourth-order valence-corrected chi connectivity index (χ4v) is 4.08. The zero-order valence-corrected chi connectivity index (χ0v) is 21.7. The number of carboxylic acids is 1. The van der Waals surface area contributed by atoms with E-state index in [0.29, 0.717) is 11.3 Å². The number of nitrogens with zero attached hydrogens (tertiary/aromatic N) is 1. The first kappa shape index (κ1) is 27.2. The van der Waals surface area contributed by atoms with Crippen molar-refractivity contribution in [2.24, 2.45) is 0 Å². The molecule has 0 radical (unpaired) electrons. The second-order valence-corrected chi connectivity index (χ2v) is 9.03. The fraction of sp³-hybridized carbons (Fsp3) is 0.143. The molecule has 3 aromatic rings. The lowest BCUT2D eigenvalue weighted by atomic mass is 10.1. The van der Waals surface area contributed by atoms with Gasteiger partial charge in [-0.15, -0.1) is 0 Å². The summed E-state index contributed by atoms with van der Waals surface area (Å²) in [4.78, 5) is 49.5. The van der Waals surface area contributed by atoms with Crippen LogP contribution in [0.1, 0.15) is 27.0 Å². The van der Waals surface area contributed by atoms with Gasteiger partial charge in [0.1, 0.15) is 18.8 Å². The van der Waals surface area contributed by atoms with Crippen molar-refractivity contribution in [3.05, 3.63) is 93.6 Å². The highest BCUT2D eigenvalue weighted by Gasteiger charge is 2.35. The van der Waals surface area contributed by atoms with Crippen molar-refractivity contribution in [2.45, 2.75) is 13.5 Å². The third-order valence-corrected chi connectivity index (χ3v) is 5.99. The number of hydrogen-bond acceptors (Lipinski definition) is 6. The molecule has 0 aliphatic carbocycles. The average molecular weight is 550 g/mol. The molecular weight excluding hydrogens is 526 g/mol. The first-order valence-corrected chi connectivity index (χ1v) is 12.1. The second-order valence-electron chi connectivity index (χ2n) is 8.62. The van der Waals surface area contributed by atoms with Gasteiger partial charge in [0.05, 0.1) is 17.7 Å². The molecule has 0 saturated carbocycles. The van der Waals surface area contributed by atoms with Crippen LogP contribution in [0.15, 0.2) is 66.4 Å². The Hall–Kier alpha value is -4.83. The summed E-state index contributed by atoms with van der Waals surface area (Å²) in [6.07, 6.45) is 1.42. The number of urea groups is 1. The lowest BCUT2D eigenvalue weighted by molar-refractivity contribution is -0.127. The molecule has 0 atom stereocenters. The standard InChI is InChI=1S/C28H24ClN3O7/c1-16-4-3-5-20(10-16)30-24(33)14-32-26(34)22(31-28(32)37)12-18-11-21(29)25(23(13-18)38-2)39-15-17-6-8-19(9-7-17)27(35)36/h3-13H,14-15H2,1-2H3,(H,30,33)(H,31,37)(H,35,36)/b22-12+. The summed E-state index contributed by atoms with van der Waals surface area (Å²) in [6, 6.07) is 15.7. The van der Waals surface area contributed by atoms with Crippen LogP contribution in [0.25, 0.3) is 6.08 Å². The molecule has 0 bridgehead atoms. The largest absolute Gasteiger partial charge is 0.493 e. The van der Waals surface area contributed by atoms with Gasteiger partial charge in [-0.1, -0.05) is 35.9 Å². The van der Waals surface area contributed by atoms with Gasteiger partial charge in [0.25, 0.3) is 5.91 Å². The summed E-state index contributed by atoms with van der Waals surface area (Å²) >= 11 is 6.43. The van der Waals surface area contributed by atoms with Gasteiger partial charge in [-0.2, -0.15) is 0 Å². The number of hydrogen-bond donors (Lipinski definition) is 3. The van der Waals surface area contributed by atoms with Crippen molar-refractivity contribution in [2.75, 3.05) is 19.0 Å². The first-order valence-electron chi connectivity index (χ1n) is 11.7. The SMILES string of the molecule is COc1cc(/C=C2/NC(=O)N(CC(=O)Nc3cccc(C)c3)C2=O)cc(Cl)c1OCc1ccc(C(=O)O)cc1. The average Bonchev–Trinajstić information content (AvgIpc) is 3.15. The van der Waals surface area contributed by atoms with Gasteiger partial charge in [0.2, 0.25) is 5.91 Å². The van der Waals surface area contributed by atoms with E-state index in [0.717, 1.165) is 16.0 Å². The molecule has 1 saturated heterocycles. The van der Waals surface area contributed by atoms with Crippen molar-refractivity contribution in [1.29, 1.82) is 0 Å². The van der Waals surface area contributed by atoms with Gasteiger partial charge in [-0.25, -0.2) is 14.5 Å². The fourth-order valence-electron chi connectivity index (χ4n) is 3.81. The molecule has 0 aromatic heterocycles. The molecule has 4 amide bonds. The molecule has 200 valence electrons. The zero-order valence-electron chi connectivity index (χ0n) is 21.0. The van der Waals surface area contributed by atoms with E-state index in [9.17, 15) is 19.2 Å². The maximum atomic E-state index is 12.9.